The van der Waals surface area contributed by atoms with Crippen LogP contribution in [0.25, 0.3) is 11.3 Å². The van der Waals surface area contributed by atoms with E-state index in [1.165, 1.54) is 0 Å². The molecule has 1 aromatic heterocycles. The maximum Gasteiger partial charge on any atom is 0.240 e. The summed E-state index contributed by atoms with van der Waals surface area (Å²) in [5.41, 5.74) is 15.4. The van der Waals surface area contributed by atoms with Crippen molar-refractivity contribution in [2.24, 2.45) is 11.5 Å². The molecule has 1 aliphatic heterocycles. The zero-order valence-electron chi connectivity index (χ0n) is 21.6. The molecule has 0 unspecified atom stereocenters. The van der Waals surface area contributed by atoms with Crippen molar-refractivity contribution in [3.63, 3.8) is 0 Å². The van der Waals surface area contributed by atoms with Crippen molar-refractivity contribution in [1.82, 2.24) is 20.2 Å². The number of hydrogen-bond donors (Lipinski definition) is 5. The fourth-order valence-corrected chi connectivity index (χ4v) is 4.07. The lowest BCUT2D eigenvalue weighted by atomic mass is 10.1. The molecule has 1 aliphatic rings. The van der Waals surface area contributed by atoms with Crippen LogP contribution < -0.4 is 32.3 Å². The molecular formula is C27H35N9O2. The predicted molar refractivity (Wildman–Crippen MR) is 150 cm³/mol. The maximum absolute atomic E-state index is 12.3. The Balaban J connectivity index is 1.32. The largest absolute Gasteiger partial charge is 0.368 e. The number of anilines is 4. The normalized spacial score (nSPS) is 14.2. The Kier molecular flexibility index (Phi) is 9.20. The number of carbonyl (C=O) groups excluding carboxylic acids is 2. The summed E-state index contributed by atoms with van der Waals surface area (Å²) < 4.78 is 0. The molecule has 0 bridgehead atoms. The number of benzene rings is 2. The highest BCUT2D eigenvalue weighted by molar-refractivity contribution is 5.94. The van der Waals surface area contributed by atoms with Crippen LogP contribution in [0.5, 0.6) is 0 Å². The Morgan fingerprint density at radius 1 is 0.974 bits per heavy atom. The first kappa shape index (κ1) is 27.0. The molecule has 4 rings (SSSR count). The second-order valence-electron chi connectivity index (χ2n) is 9.13. The van der Waals surface area contributed by atoms with Gasteiger partial charge in [-0.15, -0.1) is 0 Å². The number of nitrogens with two attached hydrogens (primary N) is 2. The molecule has 200 valence electrons. The Morgan fingerprint density at radius 2 is 1.66 bits per heavy atom. The van der Waals surface area contributed by atoms with Crippen molar-refractivity contribution >= 4 is 34.8 Å². The van der Waals surface area contributed by atoms with Crippen LogP contribution in [0.1, 0.15) is 6.92 Å². The second kappa shape index (κ2) is 13.0. The number of rotatable bonds is 10. The van der Waals surface area contributed by atoms with Crippen molar-refractivity contribution < 1.29 is 9.59 Å². The number of nitrogens with one attached hydrogen (secondary N) is 3. The summed E-state index contributed by atoms with van der Waals surface area (Å²) >= 11 is 0. The standard InChI is InChI=1S/C27H35N9O2/c1-19(29)26(38)32-21-4-2-20(3-5-21)24-10-12-31-27(34-24)33-22-6-8-23(9-7-22)35-14-16-36(17-15-35)25(37)18-30-13-11-28/h2-10,12,19,30H,11,13-18,28-29H2,1H3,(H,32,38)(H,31,33,34)/t19-/m1/s1. The first-order valence-electron chi connectivity index (χ1n) is 12.7. The molecule has 3 aromatic rings. The van der Waals surface area contributed by atoms with Gasteiger partial charge < -0.3 is 37.2 Å². The molecule has 1 fully saturated rings. The average Bonchev–Trinajstić information content (AvgIpc) is 2.94. The molecule has 11 nitrogen and oxygen atoms in total. The van der Waals surface area contributed by atoms with Crippen LogP contribution in [0.4, 0.5) is 23.0 Å². The van der Waals surface area contributed by atoms with E-state index in [4.69, 9.17) is 11.5 Å². The molecule has 2 heterocycles. The fourth-order valence-electron chi connectivity index (χ4n) is 4.07. The minimum absolute atomic E-state index is 0.115. The molecule has 0 spiro atoms. The molecule has 1 saturated heterocycles. The number of piperazine rings is 1. The highest BCUT2D eigenvalue weighted by Crippen LogP contribution is 2.24. The number of hydrogen-bond acceptors (Lipinski definition) is 9. The monoisotopic (exact) mass is 517 g/mol. The zero-order chi connectivity index (χ0) is 26.9. The molecular weight excluding hydrogens is 482 g/mol. The molecule has 0 saturated carbocycles. The minimum atomic E-state index is -0.574. The van der Waals surface area contributed by atoms with Gasteiger partial charge in [-0.05, 0) is 49.4 Å². The Labute approximate surface area is 222 Å². The van der Waals surface area contributed by atoms with E-state index >= 15 is 0 Å². The Bertz CT molecular complexity index is 1210. The van der Waals surface area contributed by atoms with Crippen LogP contribution in [0.3, 0.4) is 0 Å². The quantitative estimate of drug-likeness (QED) is 0.251. The Hall–Kier alpha value is -4.06. The number of carbonyl (C=O) groups is 2. The second-order valence-corrected chi connectivity index (χ2v) is 9.13. The van der Waals surface area contributed by atoms with Gasteiger partial charge in [-0.25, -0.2) is 9.97 Å². The van der Waals surface area contributed by atoms with E-state index in [-0.39, 0.29) is 11.8 Å². The topological polar surface area (TPSA) is 155 Å². The van der Waals surface area contributed by atoms with Gasteiger partial charge in [0.25, 0.3) is 0 Å². The molecule has 1 atom stereocenters. The smallest absolute Gasteiger partial charge is 0.240 e. The summed E-state index contributed by atoms with van der Waals surface area (Å²) in [6.45, 7) is 6.11. The van der Waals surface area contributed by atoms with Crippen molar-refractivity contribution in [1.29, 1.82) is 0 Å². The van der Waals surface area contributed by atoms with E-state index in [9.17, 15) is 9.59 Å². The van der Waals surface area contributed by atoms with Crippen LogP contribution in [0.2, 0.25) is 0 Å². The number of aromatic nitrogens is 2. The third-order valence-electron chi connectivity index (χ3n) is 6.24. The summed E-state index contributed by atoms with van der Waals surface area (Å²) in [7, 11) is 0. The van der Waals surface area contributed by atoms with Crippen molar-refractivity contribution in [3.05, 3.63) is 60.8 Å². The lowest BCUT2D eigenvalue weighted by Crippen LogP contribution is -2.51. The first-order valence-corrected chi connectivity index (χ1v) is 12.7. The highest BCUT2D eigenvalue weighted by atomic mass is 16.2. The third-order valence-corrected chi connectivity index (χ3v) is 6.24. The summed E-state index contributed by atoms with van der Waals surface area (Å²) in [6, 6.07) is 16.8. The van der Waals surface area contributed by atoms with E-state index < -0.39 is 6.04 Å². The number of nitrogens with zero attached hydrogens (tertiary/aromatic N) is 4. The van der Waals surface area contributed by atoms with E-state index in [1.54, 1.807) is 13.1 Å². The first-order chi connectivity index (χ1) is 18.4. The van der Waals surface area contributed by atoms with Crippen molar-refractivity contribution in [2.75, 3.05) is 61.3 Å². The van der Waals surface area contributed by atoms with Crippen molar-refractivity contribution in [3.8, 4) is 11.3 Å². The molecule has 38 heavy (non-hydrogen) atoms. The van der Waals surface area contributed by atoms with Gasteiger partial charge in [0.1, 0.15) is 0 Å². The molecule has 0 radical (unpaired) electrons. The third kappa shape index (κ3) is 7.25. The minimum Gasteiger partial charge on any atom is -0.368 e. The summed E-state index contributed by atoms with van der Waals surface area (Å²) in [5, 5.41) is 9.09. The molecule has 7 N–H and O–H groups in total. The van der Waals surface area contributed by atoms with Gasteiger partial charge in [0, 0.05) is 68.1 Å². The van der Waals surface area contributed by atoms with Gasteiger partial charge >= 0.3 is 0 Å². The summed E-state index contributed by atoms with van der Waals surface area (Å²) in [6.07, 6.45) is 1.71. The molecule has 0 aliphatic carbocycles. The van der Waals surface area contributed by atoms with Gasteiger partial charge in [-0.1, -0.05) is 12.1 Å². The Morgan fingerprint density at radius 3 is 2.32 bits per heavy atom. The van der Waals surface area contributed by atoms with Crippen LogP contribution in [-0.4, -0.2) is 78.5 Å². The molecule has 2 amide bonds. The van der Waals surface area contributed by atoms with E-state index in [2.05, 4.69) is 43.0 Å². The lowest BCUT2D eigenvalue weighted by molar-refractivity contribution is -0.130. The molecule has 2 aromatic carbocycles. The summed E-state index contributed by atoms with van der Waals surface area (Å²) in [4.78, 5) is 37.2. The zero-order valence-corrected chi connectivity index (χ0v) is 21.6. The lowest BCUT2D eigenvalue weighted by Gasteiger charge is -2.36. The van der Waals surface area contributed by atoms with E-state index in [0.29, 0.717) is 44.4 Å². The van der Waals surface area contributed by atoms with Gasteiger partial charge in [-0.2, -0.15) is 0 Å². The summed E-state index contributed by atoms with van der Waals surface area (Å²) in [5.74, 6) is 0.366. The van der Waals surface area contributed by atoms with Crippen LogP contribution >= 0.6 is 0 Å². The van der Waals surface area contributed by atoms with Gasteiger partial charge in [-0.3, -0.25) is 9.59 Å². The predicted octanol–water partition coefficient (Wildman–Crippen LogP) is 1.37. The van der Waals surface area contributed by atoms with Crippen molar-refractivity contribution in [2.45, 2.75) is 13.0 Å². The number of amides is 2. The molecule has 11 heteroatoms. The maximum atomic E-state index is 12.3. The van der Waals surface area contributed by atoms with Crippen LogP contribution in [0, 0.1) is 0 Å². The fraction of sp³-hybridized carbons (Fsp3) is 0.333. The van der Waals surface area contributed by atoms with Gasteiger partial charge in [0.2, 0.25) is 17.8 Å². The van der Waals surface area contributed by atoms with Gasteiger partial charge in [0.05, 0.1) is 18.3 Å². The SMILES string of the molecule is C[C@@H](N)C(=O)Nc1ccc(-c2ccnc(Nc3ccc(N4CCN(C(=O)CNCCN)CC4)cc3)n2)cc1. The average molecular weight is 518 g/mol. The van der Waals surface area contributed by atoms with Gasteiger partial charge in [0.15, 0.2) is 0 Å². The van der Waals surface area contributed by atoms with Crippen LogP contribution in [0.15, 0.2) is 60.8 Å². The van der Waals surface area contributed by atoms with E-state index in [0.717, 1.165) is 35.7 Å². The van der Waals surface area contributed by atoms with Crippen LogP contribution in [-0.2, 0) is 9.59 Å². The highest BCUT2D eigenvalue weighted by Gasteiger charge is 2.21. The van der Waals surface area contributed by atoms with E-state index in [1.807, 2.05) is 47.4 Å².